The van der Waals surface area contributed by atoms with Crippen molar-refractivity contribution in [3.8, 4) is 22.3 Å². The number of hydrogen-bond donors (Lipinski definition) is 1. The quantitative estimate of drug-likeness (QED) is 0.245. The Balaban J connectivity index is 1.25. The van der Waals surface area contributed by atoms with E-state index in [1.54, 1.807) is 42.0 Å². The standard InChI is InChI=1S/C32H28F3N7/c1-2-20-10-25-27(21-4-3-5-24(33)9-21)15-37-16-28(25)39-29(20)30-26-11-23(14-38-31(26)41-40-30)22-8-19(12-36-13-22)17-42-7-6-32(34,35)18-42/h3-5,8-9,11-16,20H,2,6-7,10,17-18H2,1H3,(H,38,40,41). The van der Waals surface area contributed by atoms with E-state index >= 15 is 0 Å². The van der Waals surface area contributed by atoms with Crippen LogP contribution >= 0.6 is 0 Å². The second-order valence-corrected chi connectivity index (χ2v) is 11.1. The molecule has 2 aliphatic heterocycles. The van der Waals surface area contributed by atoms with Crippen molar-refractivity contribution < 1.29 is 13.2 Å². The van der Waals surface area contributed by atoms with Crippen molar-refractivity contribution in [2.24, 2.45) is 10.9 Å². The summed E-state index contributed by atoms with van der Waals surface area (Å²) in [4.78, 5) is 20.2. The van der Waals surface area contributed by atoms with Crippen LogP contribution < -0.4 is 0 Å². The molecule has 42 heavy (non-hydrogen) atoms. The summed E-state index contributed by atoms with van der Waals surface area (Å²) in [6.07, 6.45) is 10.2. The number of halogens is 3. The molecule has 4 aromatic heterocycles. The van der Waals surface area contributed by atoms with E-state index in [9.17, 15) is 13.2 Å². The Hall–Kier alpha value is -4.44. The molecule has 0 amide bonds. The maximum Gasteiger partial charge on any atom is 0.261 e. The van der Waals surface area contributed by atoms with Gasteiger partial charge in [-0.25, -0.2) is 23.1 Å². The van der Waals surface area contributed by atoms with E-state index in [0.717, 1.165) is 68.7 Å². The van der Waals surface area contributed by atoms with Crippen LogP contribution in [-0.4, -0.2) is 54.8 Å². The lowest BCUT2D eigenvalue weighted by Crippen LogP contribution is -2.24. The molecule has 6 heterocycles. The molecule has 7 nitrogen and oxygen atoms in total. The van der Waals surface area contributed by atoms with E-state index in [4.69, 9.17) is 4.99 Å². The summed E-state index contributed by atoms with van der Waals surface area (Å²) in [5.74, 6) is -2.82. The number of aromatic nitrogens is 5. The maximum atomic E-state index is 14.0. The number of nitrogens with one attached hydrogen (secondary N) is 1. The fourth-order valence-electron chi connectivity index (χ4n) is 6.04. The minimum Gasteiger partial charge on any atom is -0.293 e. The minimum atomic E-state index is -2.63. The van der Waals surface area contributed by atoms with E-state index in [-0.39, 0.29) is 24.7 Å². The molecular formula is C32H28F3N7. The summed E-state index contributed by atoms with van der Waals surface area (Å²) >= 11 is 0. The molecule has 10 heteroatoms. The highest BCUT2D eigenvalue weighted by Crippen LogP contribution is 2.39. The third kappa shape index (κ3) is 4.96. The van der Waals surface area contributed by atoms with E-state index in [0.29, 0.717) is 18.7 Å². The largest absolute Gasteiger partial charge is 0.293 e. The van der Waals surface area contributed by atoms with Gasteiger partial charge in [0.15, 0.2) is 5.65 Å². The zero-order valence-corrected chi connectivity index (χ0v) is 23.0. The van der Waals surface area contributed by atoms with Gasteiger partial charge in [0.2, 0.25) is 0 Å². The topological polar surface area (TPSA) is 82.9 Å². The highest BCUT2D eigenvalue weighted by molar-refractivity contribution is 6.12. The second kappa shape index (κ2) is 10.4. The zero-order chi connectivity index (χ0) is 28.8. The number of hydrogen-bond acceptors (Lipinski definition) is 6. The smallest absolute Gasteiger partial charge is 0.261 e. The number of rotatable bonds is 6. The lowest BCUT2D eigenvalue weighted by Gasteiger charge is -2.25. The van der Waals surface area contributed by atoms with E-state index in [1.807, 2.05) is 18.2 Å². The molecule has 0 bridgehead atoms. The van der Waals surface area contributed by atoms with Crippen LogP contribution in [0.25, 0.3) is 33.3 Å². The number of pyridine rings is 3. The minimum absolute atomic E-state index is 0.100. The molecule has 1 aromatic carbocycles. The molecule has 2 aliphatic rings. The van der Waals surface area contributed by atoms with E-state index in [2.05, 4.69) is 32.1 Å². The van der Waals surface area contributed by atoms with Crippen LogP contribution in [0.1, 0.15) is 36.6 Å². The predicted octanol–water partition coefficient (Wildman–Crippen LogP) is 6.77. The van der Waals surface area contributed by atoms with Gasteiger partial charge in [0, 0.05) is 72.3 Å². The van der Waals surface area contributed by atoms with Crippen molar-refractivity contribution in [3.63, 3.8) is 0 Å². The van der Waals surface area contributed by atoms with Gasteiger partial charge in [-0.15, -0.1) is 0 Å². The molecule has 1 fully saturated rings. The number of alkyl halides is 2. The number of aliphatic imine (C=N–C) groups is 1. The van der Waals surface area contributed by atoms with Gasteiger partial charge < -0.3 is 0 Å². The number of aromatic amines is 1. The Morgan fingerprint density at radius 1 is 1.00 bits per heavy atom. The van der Waals surface area contributed by atoms with Crippen molar-refractivity contribution in [1.82, 2.24) is 30.0 Å². The summed E-state index contributed by atoms with van der Waals surface area (Å²) in [6, 6.07) is 10.6. The molecule has 1 saturated heterocycles. The fourth-order valence-corrected chi connectivity index (χ4v) is 6.04. The van der Waals surface area contributed by atoms with Crippen LogP contribution in [0.4, 0.5) is 18.9 Å². The highest BCUT2D eigenvalue weighted by atomic mass is 19.3. The first kappa shape index (κ1) is 26.5. The monoisotopic (exact) mass is 567 g/mol. The molecule has 0 spiro atoms. The number of likely N-dealkylation sites (tertiary alicyclic amines) is 1. The van der Waals surface area contributed by atoms with E-state index in [1.165, 1.54) is 12.1 Å². The van der Waals surface area contributed by atoms with Crippen molar-refractivity contribution in [1.29, 1.82) is 0 Å². The van der Waals surface area contributed by atoms with Gasteiger partial charge in [-0.05, 0) is 53.8 Å². The third-order valence-corrected chi connectivity index (χ3v) is 8.19. The first-order valence-electron chi connectivity index (χ1n) is 14.1. The molecule has 1 atom stereocenters. The van der Waals surface area contributed by atoms with Crippen LogP contribution in [-0.2, 0) is 13.0 Å². The van der Waals surface area contributed by atoms with Gasteiger partial charge in [0.25, 0.3) is 5.92 Å². The summed E-state index contributed by atoms with van der Waals surface area (Å²) < 4.78 is 41.4. The Bertz CT molecular complexity index is 1830. The molecule has 5 aromatic rings. The molecule has 0 aliphatic carbocycles. The highest BCUT2D eigenvalue weighted by Gasteiger charge is 2.38. The van der Waals surface area contributed by atoms with Crippen molar-refractivity contribution in [3.05, 3.63) is 90.0 Å². The summed E-state index contributed by atoms with van der Waals surface area (Å²) in [6.45, 7) is 2.69. The Morgan fingerprint density at radius 2 is 1.86 bits per heavy atom. The van der Waals surface area contributed by atoms with Gasteiger partial charge in [0.1, 0.15) is 5.82 Å². The van der Waals surface area contributed by atoms with E-state index < -0.39 is 5.92 Å². The van der Waals surface area contributed by atoms with Gasteiger partial charge in [-0.1, -0.05) is 19.1 Å². The molecule has 7 rings (SSSR count). The van der Waals surface area contributed by atoms with Crippen LogP contribution in [0, 0.1) is 11.7 Å². The number of benzene rings is 1. The normalized spacial score (nSPS) is 18.3. The van der Waals surface area contributed by atoms with Crippen LogP contribution in [0.3, 0.4) is 0 Å². The number of nitrogens with zero attached hydrogens (tertiary/aromatic N) is 6. The Kier molecular flexibility index (Phi) is 6.57. The first-order chi connectivity index (χ1) is 20.4. The average Bonchev–Trinajstić information content (AvgIpc) is 3.57. The third-order valence-electron chi connectivity index (χ3n) is 8.19. The molecule has 212 valence electrons. The molecule has 1 N–H and O–H groups in total. The van der Waals surface area contributed by atoms with Crippen LogP contribution in [0.5, 0.6) is 0 Å². The van der Waals surface area contributed by atoms with Crippen molar-refractivity contribution >= 4 is 22.4 Å². The van der Waals surface area contributed by atoms with Crippen molar-refractivity contribution in [2.75, 3.05) is 13.1 Å². The van der Waals surface area contributed by atoms with Crippen molar-refractivity contribution in [2.45, 2.75) is 38.7 Å². The van der Waals surface area contributed by atoms with Gasteiger partial charge in [-0.3, -0.25) is 20.0 Å². The van der Waals surface area contributed by atoms with Crippen LogP contribution in [0.2, 0.25) is 0 Å². The zero-order valence-electron chi connectivity index (χ0n) is 23.0. The van der Waals surface area contributed by atoms with Crippen LogP contribution in [0.15, 0.2) is 72.4 Å². The fraction of sp³-hybridized carbons (Fsp3) is 0.281. The lowest BCUT2D eigenvalue weighted by molar-refractivity contribution is 0.0115. The Labute approximate surface area is 240 Å². The SMILES string of the molecule is CCC1Cc2c(cncc2-c2cccc(F)c2)N=C1c1[nH]nc2ncc(-c3cncc(CN4CCC(F)(F)C4)c3)cc12. The lowest BCUT2D eigenvalue weighted by atomic mass is 9.84. The molecule has 0 saturated carbocycles. The van der Waals surface area contributed by atoms with Gasteiger partial charge in [0.05, 0.1) is 29.8 Å². The predicted molar refractivity (Wildman–Crippen MR) is 155 cm³/mol. The molecule has 0 radical (unpaired) electrons. The first-order valence-corrected chi connectivity index (χ1v) is 14.1. The Morgan fingerprint density at radius 3 is 2.67 bits per heavy atom. The molecule has 1 unspecified atom stereocenters. The number of fused-ring (bicyclic) bond motifs is 2. The average molecular weight is 568 g/mol. The summed E-state index contributed by atoms with van der Waals surface area (Å²) in [5, 5.41) is 8.47. The van der Waals surface area contributed by atoms with Gasteiger partial charge >= 0.3 is 0 Å². The summed E-state index contributed by atoms with van der Waals surface area (Å²) in [5.41, 5.74) is 8.31. The summed E-state index contributed by atoms with van der Waals surface area (Å²) in [7, 11) is 0. The number of H-pyrrole nitrogens is 1. The maximum absolute atomic E-state index is 14.0. The second-order valence-electron chi connectivity index (χ2n) is 11.1. The van der Waals surface area contributed by atoms with Gasteiger partial charge in [-0.2, -0.15) is 5.10 Å². The molecular weight excluding hydrogens is 539 g/mol.